The highest BCUT2D eigenvalue weighted by molar-refractivity contribution is 7.15. The molecule has 2 aromatic rings. The van der Waals surface area contributed by atoms with Gasteiger partial charge in [0.1, 0.15) is 6.04 Å². The maximum absolute atomic E-state index is 12.8. The Hall–Kier alpha value is -3.14. The quantitative estimate of drug-likeness (QED) is 0.488. The van der Waals surface area contributed by atoms with Gasteiger partial charge in [-0.3, -0.25) is 14.5 Å². The lowest BCUT2D eigenvalue weighted by atomic mass is 10.1. The number of rotatable bonds is 7. The predicted octanol–water partition coefficient (Wildman–Crippen LogP) is 2.88. The zero-order chi connectivity index (χ0) is 22.7. The number of anilines is 1. The summed E-state index contributed by atoms with van der Waals surface area (Å²) in [4.78, 5) is 44.5. The summed E-state index contributed by atoms with van der Waals surface area (Å²) in [5.41, 5.74) is 1.77. The van der Waals surface area contributed by atoms with Crippen LogP contribution in [0.4, 0.5) is 9.93 Å². The minimum atomic E-state index is -0.902. The van der Waals surface area contributed by atoms with Gasteiger partial charge in [-0.1, -0.05) is 12.5 Å². The van der Waals surface area contributed by atoms with E-state index in [1.807, 2.05) is 0 Å². The SMILES string of the molecule is COc1ccc(CN2C(=O)N[C@H](CC(=O)Nc3nc4c(s3)CCCCC4)C2=O)cc1OC. The molecule has 2 heterocycles. The third kappa shape index (κ3) is 4.69. The molecule has 0 unspecified atom stereocenters. The molecule has 0 radical (unpaired) electrons. The van der Waals surface area contributed by atoms with Crippen LogP contribution >= 0.6 is 11.3 Å². The minimum absolute atomic E-state index is 0.0718. The molecule has 0 saturated carbocycles. The van der Waals surface area contributed by atoms with Crippen LogP contribution in [0.15, 0.2) is 18.2 Å². The van der Waals surface area contributed by atoms with Gasteiger partial charge in [-0.25, -0.2) is 9.78 Å². The number of fused-ring (bicyclic) bond motifs is 1. The van der Waals surface area contributed by atoms with Gasteiger partial charge in [0.05, 0.1) is 32.9 Å². The van der Waals surface area contributed by atoms with E-state index in [9.17, 15) is 14.4 Å². The first-order valence-electron chi connectivity index (χ1n) is 10.6. The second kappa shape index (κ2) is 9.56. The summed E-state index contributed by atoms with van der Waals surface area (Å²) in [6.07, 6.45) is 5.24. The highest BCUT2D eigenvalue weighted by atomic mass is 32.1. The van der Waals surface area contributed by atoms with Gasteiger partial charge < -0.3 is 20.1 Å². The summed E-state index contributed by atoms with van der Waals surface area (Å²) in [5, 5.41) is 5.95. The smallest absolute Gasteiger partial charge is 0.325 e. The van der Waals surface area contributed by atoms with E-state index in [1.165, 1.54) is 36.9 Å². The topological polar surface area (TPSA) is 110 Å². The number of hydrogen-bond acceptors (Lipinski definition) is 7. The fourth-order valence-corrected chi connectivity index (χ4v) is 5.03. The Kier molecular flexibility index (Phi) is 6.59. The van der Waals surface area contributed by atoms with Crippen molar-refractivity contribution >= 4 is 34.3 Å². The number of methoxy groups -OCH3 is 2. The lowest BCUT2D eigenvalue weighted by Crippen LogP contribution is -2.34. The number of thiazole rings is 1. The maximum atomic E-state index is 12.8. The van der Waals surface area contributed by atoms with Crippen molar-refractivity contribution in [3.05, 3.63) is 34.3 Å². The third-order valence-corrected chi connectivity index (χ3v) is 6.70. The van der Waals surface area contributed by atoms with E-state index in [2.05, 4.69) is 15.6 Å². The molecule has 1 aromatic heterocycles. The zero-order valence-corrected chi connectivity index (χ0v) is 18.9. The summed E-state index contributed by atoms with van der Waals surface area (Å²) in [6.45, 7) is 0.0718. The van der Waals surface area contributed by atoms with Gasteiger partial charge in [0, 0.05) is 4.88 Å². The van der Waals surface area contributed by atoms with Crippen molar-refractivity contribution in [1.82, 2.24) is 15.2 Å². The van der Waals surface area contributed by atoms with Crippen LogP contribution in [0.3, 0.4) is 0 Å². The highest BCUT2D eigenvalue weighted by Gasteiger charge is 2.39. The van der Waals surface area contributed by atoms with Crippen LogP contribution in [0.5, 0.6) is 11.5 Å². The number of imide groups is 1. The van der Waals surface area contributed by atoms with Crippen LogP contribution in [-0.2, 0) is 29.0 Å². The molecule has 32 heavy (non-hydrogen) atoms. The summed E-state index contributed by atoms with van der Waals surface area (Å²) >= 11 is 1.50. The van der Waals surface area contributed by atoms with E-state index in [0.29, 0.717) is 22.2 Å². The largest absolute Gasteiger partial charge is 0.493 e. The lowest BCUT2D eigenvalue weighted by molar-refractivity contribution is -0.130. The average molecular weight is 459 g/mol. The van der Waals surface area contributed by atoms with Crippen LogP contribution in [0, 0.1) is 0 Å². The van der Waals surface area contributed by atoms with Crippen molar-refractivity contribution in [2.75, 3.05) is 19.5 Å². The van der Waals surface area contributed by atoms with Gasteiger partial charge in [0.15, 0.2) is 16.6 Å². The number of nitrogens with one attached hydrogen (secondary N) is 2. The molecule has 0 bridgehead atoms. The number of benzene rings is 1. The van der Waals surface area contributed by atoms with Gasteiger partial charge >= 0.3 is 6.03 Å². The maximum Gasteiger partial charge on any atom is 0.325 e. The second-order valence-corrected chi connectivity index (χ2v) is 8.90. The molecule has 1 saturated heterocycles. The van der Waals surface area contributed by atoms with Gasteiger partial charge in [0.25, 0.3) is 5.91 Å². The van der Waals surface area contributed by atoms with Crippen molar-refractivity contribution in [2.45, 2.75) is 51.1 Å². The normalized spacial score (nSPS) is 18.1. The molecule has 1 aliphatic heterocycles. The van der Waals surface area contributed by atoms with Gasteiger partial charge in [-0.05, 0) is 43.4 Å². The number of urea groups is 1. The molecule has 4 amide bonds. The number of hydrogen-bond donors (Lipinski definition) is 2. The Morgan fingerprint density at radius 1 is 1.19 bits per heavy atom. The first kappa shape index (κ1) is 22.1. The molecule has 2 N–H and O–H groups in total. The molecule has 1 aliphatic carbocycles. The molecule has 1 fully saturated rings. The Labute approximate surface area is 190 Å². The number of aromatic nitrogens is 1. The van der Waals surface area contributed by atoms with Crippen molar-refractivity contribution in [3.63, 3.8) is 0 Å². The fourth-order valence-electron chi connectivity index (χ4n) is 3.96. The lowest BCUT2D eigenvalue weighted by Gasteiger charge is -2.15. The number of ether oxygens (including phenoxy) is 2. The average Bonchev–Trinajstić information content (AvgIpc) is 3.18. The molecule has 0 spiro atoms. The molecular formula is C22H26N4O5S. The van der Waals surface area contributed by atoms with Crippen LogP contribution < -0.4 is 20.1 Å². The minimum Gasteiger partial charge on any atom is -0.493 e. The Morgan fingerprint density at radius 2 is 1.97 bits per heavy atom. The molecule has 4 rings (SSSR count). The summed E-state index contributed by atoms with van der Waals surface area (Å²) in [6, 6.07) is 3.76. The van der Waals surface area contributed by atoms with Gasteiger partial charge in [-0.15, -0.1) is 11.3 Å². The molecule has 1 atom stereocenters. The van der Waals surface area contributed by atoms with Crippen LogP contribution in [0.1, 0.15) is 41.8 Å². The Balaban J connectivity index is 1.37. The molecule has 1 aromatic carbocycles. The van der Waals surface area contributed by atoms with Crippen molar-refractivity contribution in [3.8, 4) is 11.5 Å². The molecule has 2 aliphatic rings. The fraction of sp³-hybridized carbons (Fsp3) is 0.455. The zero-order valence-electron chi connectivity index (χ0n) is 18.1. The highest BCUT2D eigenvalue weighted by Crippen LogP contribution is 2.30. The van der Waals surface area contributed by atoms with Crippen LogP contribution in [0.2, 0.25) is 0 Å². The van der Waals surface area contributed by atoms with Crippen molar-refractivity contribution < 1.29 is 23.9 Å². The number of amides is 4. The summed E-state index contributed by atoms with van der Waals surface area (Å²) < 4.78 is 10.5. The van der Waals surface area contributed by atoms with Crippen molar-refractivity contribution in [1.29, 1.82) is 0 Å². The van der Waals surface area contributed by atoms with E-state index < -0.39 is 18.0 Å². The Bertz CT molecular complexity index is 1010. The molecule has 9 nitrogen and oxygen atoms in total. The summed E-state index contributed by atoms with van der Waals surface area (Å²) in [7, 11) is 3.05. The third-order valence-electron chi connectivity index (χ3n) is 5.63. The first-order chi connectivity index (χ1) is 15.5. The predicted molar refractivity (Wildman–Crippen MR) is 119 cm³/mol. The standard InChI is InChI=1S/C22H26N4O5S/c1-30-16-9-8-13(10-17(16)31-2)12-26-20(28)15(24-22(26)29)11-19(27)25-21-23-14-6-4-3-5-7-18(14)32-21/h8-10,15H,3-7,11-12H2,1-2H3,(H,24,29)(H,23,25,27)/t15-/m1/s1. The molecule has 170 valence electrons. The summed E-state index contributed by atoms with van der Waals surface area (Å²) in [5.74, 6) is 0.285. The number of aryl methyl sites for hydroxylation is 2. The van der Waals surface area contributed by atoms with E-state index in [-0.39, 0.29) is 18.9 Å². The molecule has 10 heteroatoms. The Morgan fingerprint density at radius 3 is 2.75 bits per heavy atom. The number of carbonyl (C=O) groups excluding carboxylic acids is 3. The van der Waals surface area contributed by atoms with E-state index >= 15 is 0 Å². The number of carbonyl (C=O) groups is 3. The van der Waals surface area contributed by atoms with Gasteiger partial charge in [-0.2, -0.15) is 0 Å². The van der Waals surface area contributed by atoms with Crippen molar-refractivity contribution in [2.24, 2.45) is 0 Å². The van der Waals surface area contributed by atoms with Crippen LogP contribution in [0.25, 0.3) is 0 Å². The number of nitrogens with zero attached hydrogens (tertiary/aromatic N) is 2. The van der Waals surface area contributed by atoms with E-state index in [1.54, 1.807) is 18.2 Å². The first-order valence-corrected chi connectivity index (χ1v) is 11.4. The molecular weight excluding hydrogens is 432 g/mol. The second-order valence-electron chi connectivity index (χ2n) is 7.82. The van der Waals surface area contributed by atoms with E-state index in [0.717, 1.165) is 36.3 Å². The van der Waals surface area contributed by atoms with E-state index in [4.69, 9.17) is 9.47 Å². The monoisotopic (exact) mass is 458 g/mol. The van der Waals surface area contributed by atoms with Crippen LogP contribution in [-0.4, -0.2) is 48.0 Å². The van der Waals surface area contributed by atoms with Gasteiger partial charge in [0.2, 0.25) is 5.91 Å².